The molecule has 2 aromatic carbocycles. The molecule has 27 heavy (non-hydrogen) atoms. The van der Waals surface area contributed by atoms with Gasteiger partial charge in [0.25, 0.3) is 0 Å². The minimum Gasteiger partial charge on any atom is -0.265 e. The summed E-state index contributed by atoms with van der Waals surface area (Å²) in [5.74, 6) is 0. The lowest BCUT2D eigenvalue weighted by molar-refractivity contribution is 0.582. The van der Waals surface area contributed by atoms with E-state index in [4.69, 9.17) is 0 Å². The number of fused-ring (bicyclic) bond motifs is 1. The van der Waals surface area contributed by atoms with Gasteiger partial charge in [-0.15, -0.1) is 0 Å². The molecule has 0 aliphatic carbocycles. The number of hydrogen-bond acceptors (Lipinski definition) is 4. The van der Waals surface area contributed by atoms with Gasteiger partial charge in [0, 0.05) is 36.1 Å². The molecule has 0 atom stereocenters. The second-order valence-electron chi connectivity index (χ2n) is 6.09. The fraction of sp³-hybridized carbons (Fsp3) is 0.0476. The highest BCUT2D eigenvalue weighted by atomic mass is 32.2. The Morgan fingerprint density at radius 3 is 2.48 bits per heavy atom. The Bertz CT molecular complexity index is 1190. The van der Waals surface area contributed by atoms with E-state index in [0.29, 0.717) is 5.39 Å². The van der Waals surface area contributed by atoms with Crippen LogP contribution in [0.25, 0.3) is 22.0 Å². The Morgan fingerprint density at radius 1 is 0.852 bits per heavy atom. The topological polar surface area (TPSA) is 72.0 Å². The van der Waals surface area contributed by atoms with Crippen molar-refractivity contribution in [3.05, 3.63) is 90.9 Å². The number of nitrogens with zero attached hydrogens (tertiary/aromatic N) is 2. The summed E-state index contributed by atoms with van der Waals surface area (Å²) in [5.41, 5.74) is 2.55. The van der Waals surface area contributed by atoms with Crippen LogP contribution in [0.15, 0.2) is 90.2 Å². The Labute approximate surface area is 157 Å². The number of nitrogens with one attached hydrogen (secondary N) is 1. The van der Waals surface area contributed by atoms with Gasteiger partial charge >= 0.3 is 0 Å². The number of aromatic nitrogens is 2. The van der Waals surface area contributed by atoms with E-state index in [1.165, 1.54) is 0 Å². The highest BCUT2D eigenvalue weighted by Gasteiger charge is 2.16. The zero-order valence-electron chi connectivity index (χ0n) is 14.4. The molecule has 0 aliphatic rings. The minimum atomic E-state index is -3.64. The van der Waals surface area contributed by atoms with Gasteiger partial charge in [-0.2, -0.15) is 0 Å². The molecule has 134 valence electrons. The fourth-order valence-corrected chi connectivity index (χ4v) is 4.20. The van der Waals surface area contributed by atoms with Crippen LogP contribution in [-0.4, -0.2) is 18.4 Å². The maximum Gasteiger partial charge on any atom is 0.241 e. The predicted molar refractivity (Wildman–Crippen MR) is 105 cm³/mol. The van der Waals surface area contributed by atoms with Gasteiger partial charge in [0.2, 0.25) is 10.0 Å². The first-order chi connectivity index (χ1) is 13.1. The van der Waals surface area contributed by atoms with Crippen molar-refractivity contribution in [1.82, 2.24) is 14.7 Å². The van der Waals surface area contributed by atoms with Crippen LogP contribution in [0, 0.1) is 0 Å². The van der Waals surface area contributed by atoms with E-state index in [2.05, 4.69) is 14.7 Å². The largest absolute Gasteiger partial charge is 0.265 e. The second-order valence-corrected chi connectivity index (χ2v) is 7.82. The average Bonchev–Trinajstić information content (AvgIpc) is 2.73. The van der Waals surface area contributed by atoms with Gasteiger partial charge in [0.15, 0.2) is 0 Å². The number of pyridine rings is 2. The van der Waals surface area contributed by atoms with Gasteiger partial charge in [-0.05, 0) is 41.3 Å². The molecule has 5 nitrogen and oxygen atoms in total. The summed E-state index contributed by atoms with van der Waals surface area (Å²) in [7, 11) is -3.64. The maximum atomic E-state index is 12.8. The van der Waals surface area contributed by atoms with Gasteiger partial charge in [0.1, 0.15) is 0 Å². The molecule has 0 amide bonds. The first-order valence-corrected chi connectivity index (χ1v) is 9.94. The van der Waals surface area contributed by atoms with E-state index >= 15 is 0 Å². The van der Waals surface area contributed by atoms with Gasteiger partial charge in [-0.25, -0.2) is 13.1 Å². The van der Waals surface area contributed by atoms with Crippen LogP contribution >= 0.6 is 0 Å². The monoisotopic (exact) mass is 375 g/mol. The van der Waals surface area contributed by atoms with E-state index in [-0.39, 0.29) is 11.4 Å². The normalized spacial score (nSPS) is 11.6. The molecule has 2 heterocycles. The molecule has 0 fully saturated rings. The third kappa shape index (κ3) is 3.72. The molecule has 0 saturated heterocycles. The van der Waals surface area contributed by atoms with Crippen LogP contribution in [0.4, 0.5) is 0 Å². The van der Waals surface area contributed by atoms with Crippen LogP contribution in [0.5, 0.6) is 0 Å². The fourth-order valence-electron chi connectivity index (χ4n) is 2.95. The summed E-state index contributed by atoms with van der Waals surface area (Å²) in [4.78, 5) is 8.63. The third-order valence-electron chi connectivity index (χ3n) is 4.31. The summed E-state index contributed by atoms with van der Waals surface area (Å²) in [6.45, 7) is 0.187. The number of rotatable bonds is 5. The Balaban J connectivity index is 1.60. The molecule has 4 rings (SSSR count). The van der Waals surface area contributed by atoms with Crippen molar-refractivity contribution in [3.8, 4) is 11.3 Å². The molecular weight excluding hydrogens is 358 g/mol. The molecule has 0 bridgehead atoms. The van der Waals surface area contributed by atoms with E-state index in [1.807, 2.05) is 48.5 Å². The highest BCUT2D eigenvalue weighted by Crippen LogP contribution is 2.23. The van der Waals surface area contributed by atoms with Gasteiger partial charge < -0.3 is 0 Å². The van der Waals surface area contributed by atoms with Crippen LogP contribution in [0.1, 0.15) is 5.56 Å². The number of sulfonamides is 1. The van der Waals surface area contributed by atoms with E-state index in [0.717, 1.165) is 22.2 Å². The molecule has 2 aromatic heterocycles. The smallest absolute Gasteiger partial charge is 0.241 e. The zero-order chi connectivity index (χ0) is 18.7. The summed E-state index contributed by atoms with van der Waals surface area (Å²) >= 11 is 0. The van der Waals surface area contributed by atoms with Crippen molar-refractivity contribution in [2.24, 2.45) is 0 Å². The molecule has 4 aromatic rings. The predicted octanol–water partition coefficient (Wildman–Crippen LogP) is 3.78. The molecule has 0 unspecified atom stereocenters. The van der Waals surface area contributed by atoms with Gasteiger partial charge in [-0.1, -0.05) is 36.4 Å². The van der Waals surface area contributed by atoms with Crippen LogP contribution in [-0.2, 0) is 16.6 Å². The molecule has 1 N–H and O–H groups in total. The lowest BCUT2D eigenvalue weighted by Gasteiger charge is -2.10. The van der Waals surface area contributed by atoms with Crippen LogP contribution in [0.2, 0.25) is 0 Å². The Hall–Kier alpha value is -3.09. The molecule has 0 spiro atoms. The third-order valence-corrected chi connectivity index (χ3v) is 5.77. The van der Waals surface area contributed by atoms with Crippen molar-refractivity contribution in [3.63, 3.8) is 0 Å². The summed E-state index contributed by atoms with van der Waals surface area (Å²) < 4.78 is 28.4. The second kappa shape index (κ2) is 7.26. The molecular formula is C21H17N3O2S. The first kappa shape index (κ1) is 17.3. The SMILES string of the molecule is O=S(=O)(NCc1ccnc(-c2ccncc2)c1)c1cccc2ccccc12. The van der Waals surface area contributed by atoms with Gasteiger partial charge in [0.05, 0.1) is 10.6 Å². The summed E-state index contributed by atoms with van der Waals surface area (Å²) in [6.07, 6.45) is 5.08. The number of hydrogen-bond donors (Lipinski definition) is 1. The minimum absolute atomic E-state index is 0.187. The highest BCUT2D eigenvalue weighted by molar-refractivity contribution is 7.89. The Kier molecular flexibility index (Phi) is 4.66. The van der Waals surface area contributed by atoms with Crippen molar-refractivity contribution < 1.29 is 8.42 Å². The lowest BCUT2D eigenvalue weighted by Crippen LogP contribution is -2.23. The lowest BCUT2D eigenvalue weighted by atomic mass is 10.1. The molecule has 0 saturated carbocycles. The van der Waals surface area contributed by atoms with Crippen molar-refractivity contribution >= 4 is 20.8 Å². The van der Waals surface area contributed by atoms with Crippen LogP contribution < -0.4 is 4.72 Å². The summed E-state index contributed by atoms with van der Waals surface area (Å²) in [6, 6.07) is 20.1. The van der Waals surface area contributed by atoms with Gasteiger partial charge in [-0.3, -0.25) is 9.97 Å². The van der Waals surface area contributed by atoms with E-state index in [9.17, 15) is 8.42 Å². The summed E-state index contributed by atoms with van der Waals surface area (Å²) in [5, 5.41) is 1.60. The van der Waals surface area contributed by atoms with Crippen LogP contribution in [0.3, 0.4) is 0 Å². The van der Waals surface area contributed by atoms with E-state index < -0.39 is 10.0 Å². The zero-order valence-corrected chi connectivity index (χ0v) is 15.2. The average molecular weight is 375 g/mol. The number of benzene rings is 2. The molecule has 0 radical (unpaired) electrons. The molecule has 0 aliphatic heterocycles. The van der Waals surface area contributed by atoms with Crippen molar-refractivity contribution in [2.75, 3.05) is 0 Å². The standard InChI is InChI=1S/C21H17N3O2S/c25-27(26,21-7-3-5-17-4-1-2-6-19(17)21)24-15-16-8-13-23-20(14-16)18-9-11-22-12-10-18/h1-14,24H,15H2. The quantitative estimate of drug-likeness (QED) is 0.576. The Morgan fingerprint density at radius 2 is 1.63 bits per heavy atom. The first-order valence-electron chi connectivity index (χ1n) is 8.46. The van der Waals surface area contributed by atoms with Crippen molar-refractivity contribution in [1.29, 1.82) is 0 Å². The maximum absolute atomic E-state index is 12.8. The molecule has 6 heteroatoms. The van der Waals surface area contributed by atoms with E-state index in [1.54, 1.807) is 36.8 Å². The van der Waals surface area contributed by atoms with Crippen molar-refractivity contribution in [2.45, 2.75) is 11.4 Å².